The highest BCUT2D eigenvalue weighted by molar-refractivity contribution is 9.10. The van der Waals surface area contributed by atoms with Crippen LogP contribution in [0.1, 0.15) is 33.3 Å². The molecule has 1 fully saturated rings. The van der Waals surface area contributed by atoms with Crippen LogP contribution in [0.5, 0.6) is 0 Å². The zero-order valence-electron chi connectivity index (χ0n) is 15.9. The average Bonchev–Trinajstić information content (AvgIpc) is 2.74. The van der Waals surface area contributed by atoms with Crippen molar-refractivity contribution in [3.8, 4) is 6.07 Å². The zero-order chi connectivity index (χ0) is 20.4. The van der Waals surface area contributed by atoms with Gasteiger partial charge in [-0.05, 0) is 48.7 Å². The number of nitrogens with zero attached hydrogens (tertiary/aromatic N) is 4. The van der Waals surface area contributed by atoms with Crippen LogP contribution in [0.2, 0.25) is 0 Å². The maximum atomic E-state index is 12.4. The van der Waals surface area contributed by atoms with Crippen LogP contribution in [0.4, 0.5) is 16.2 Å². The minimum absolute atomic E-state index is 0.0131. The molecule has 2 rings (SSSR count). The molecule has 27 heavy (non-hydrogen) atoms. The van der Waals surface area contributed by atoms with Gasteiger partial charge in [-0.15, -0.1) is 0 Å². The van der Waals surface area contributed by atoms with Crippen LogP contribution in [-0.4, -0.2) is 47.7 Å². The highest BCUT2D eigenvalue weighted by Crippen LogP contribution is 2.34. The van der Waals surface area contributed by atoms with E-state index in [0.717, 1.165) is 0 Å². The van der Waals surface area contributed by atoms with Gasteiger partial charge >= 0.3 is 6.09 Å². The van der Waals surface area contributed by atoms with Gasteiger partial charge in [0.2, 0.25) is 0 Å². The van der Waals surface area contributed by atoms with Crippen LogP contribution < -0.4 is 4.90 Å². The molecule has 1 aromatic rings. The monoisotopic (exact) mass is 438 g/mol. The maximum absolute atomic E-state index is 12.4. The first-order valence-electron chi connectivity index (χ1n) is 8.62. The quantitative estimate of drug-likeness (QED) is 0.512. The molecular weight excluding hydrogens is 416 g/mol. The third-order valence-corrected chi connectivity index (χ3v) is 4.71. The van der Waals surface area contributed by atoms with E-state index in [4.69, 9.17) is 4.74 Å². The van der Waals surface area contributed by atoms with Crippen molar-refractivity contribution in [2.45, 2.75) is 33.3 Å². The van der Waals surface area contributed by atoms with Gasteiger partial charge in [-0.1, -0.05) is 6.92 Å². The Morgan fingerprint density at radius 3 is 2.59 bits per heavy atom. The van der Waals surface area contributed by atoms with Crippen molar-refractivity contribution in [2.75, 3.05) is 31.1 Å². The van der Waals surface area contributed by atoms with E-state index in [-0.39, 0.29) is 23.3 Å². The Morgan fingerprint density at radius 1 is 1.37 bits per heavy atom. The summed E-state index contributed by atoms with van der Waals surface area (Å²) in [6.07, 6.45) is -0.350. The number of nitriles is 1. The molecule has 0 aromatic heterocycles. The molecule has 1 heterocycles. The number of nitro groups is 1. The first-order valence-corrected chi connectivity index (χ1v) is 9.42. The van der Waals surface area contributed by atoms with Gasteiger partial charge in [0.15, 0.2) is 0 Å². The second-order valence-electron chi connectivity index (χ2n) is 7.67. The third kappa shape index (κ3) is 5.32. The molecule has 1 atom stereocenters. The molecule has 0 saturated carbocycles. The molecule has 9 heteroatoms. The van der Waals surface area contributed by atoms with Gasteiger partial charge in [-0.3, -0.25) is 10.1 Å². The lowest BCUT2D eigenvalue weighted by molar-refractivity contribution is -0.385. The Kier molecular flexibility index (Phi) is 6.31. The summed E-state index contributed by atoms with van der Waals surface area (Å²) in [6.45, 7) is 9.72. The number of hydrogen-bond acceptors (Lipinski definition) is 6. The summed E-state index contributed by atoms with van der Waals surface area (Å²) < 4.78 is 6.01. The summed E-state index contributed by atoms with van der Waals surface area (Å²) in [6, 6.07) is 4.77. The van der Waals surface area contributed by atoms with Crippen molar-refractivity contribution in [3.63, 3.8) is 0 Å². The summed E-state index contributed by atoms with van der Waals surface area (Å²) in [5.74, 6) is 0.160. The average molecular weight is 439 g/mol. The standard InChI is InChI=1S/C18H23BrN4O4/c1-12-10-21(5-6-22(11-12)17(24)27-18(2,3)4)16-7-13(9-20)15(23(25)26)8-14(16)19/h7-8,12H,5-6,10-11H2,1-4H3. The predicted molar refractivity (Wildman–Crippen MR) is 105 cm³/mol. The van der Waals surface area contributed by atoms with Crippen molar-refractivity contribution in [3.05, 3.63) is 32.3 Å². The molecule has 1 amide bonds. The topological polar surface area (TPSA) is 99.7 Å². The summed E-state index contributed by atoms with van der Waals surface area (Å²) in [5, 5.41) is 20.4. The molecule has 0 radical (unpaired) electrons. The SMILES string of the molecule is CC1CN(C(=O)OC(C)(C)C)CCN(c2cc(C#N)c([N+](=O)[O-])cc2Br)C1. The minimum Gasteiger partial charge on any atom is -0.444 e. The largest absolute Gasteiger partial charge is 0.444 e. The van der Waals surface area contributed by atoms with Gasteiger partial charge in [0, 0.05) is 36.7 Å². The fourth-order valence-corrected chi connectivity index (χ4v) is 3.56. The highest BCUT2D eigenvalue weighted by atomic mass is 79.9. The first-order chi connectivity index (χ1) is 12.5. The molecule has 8 nitrogen and oxygen atoms in total. The number of hydrogen-bond donors (Lipinski definition) is 0. The molecule has 1 aliphatic heterocycles. The van der Waals surface area contributed by atoms with E-state index in [1.165, 1.54) is 12.1 Å². The fourth-order valence-electron chi connectivity index (χ4n) is 2.98. The van der Waals surface area contributed by atoms with Crippen molar-refractivity contribution in [1.29, 1.82) is 5.26 Å². The number of halogens is 1. The summed E-state index contributed by atoms with van der Waals surface area (Å²) in [7, 11) is 0. The Hall–Kier alpha value is -2.34. The molecular formula is C18H23BrN4O4. The summed E-state index contributed by atoms with van der Waals surface area (Å²) >= 11 is 3.38. The number of amides is 1. The third-order valence-electron chi connectivity index (χ3n) is 4.08. The zero-order valence-corrected chi connectivity index (χ0v) is 17.4. The number of nitro benzene ring substituents is 1. The molecule has 1 saturated heterocycles. The summed E-state index contributed by atoms with van der Waals surface area (Å²) in [4.78, 5) is 26.7. The molecule has 0 bridgehead atoms. The van der Waals surface area contributed by atoms with Gasteiger partial charge in [0.25, 0.3) is 5.69 Å². The smallest absolute Gasteiger partial charge is 0.410 e. The molecule has 1 unspecified atom stereocenters. The van der Waals surface area contributed by atoms with E-state index in [9.17, 15) is 20.2 Å². The lowest BCUT2D eigenvalue weighted by Gasteiger charge is -2.27. The van der Waals surface area contributed by atoms with Gasteiger partial charge in [0.1, 0.15) is 17.2 Å². The molecule has 0 spiro atoms. The van der Waals surface area contributed by atoms with Gasteiger partial charge in [-0.2, -0.15) is 5.26 Å². The number of rotatable bonds is 2. The number of ether oxygens (including phenoxy) is 1. The number of benzene rings is 1. The highest BCUT2D eigenvalue weighted by Gasteiger charge is 2.29. The van der Waals surface area contributed by atoms with Crippen LogP contribution in [0.25, 0.3) is 0 Å². The Labute approximate surface area is 167 Å². The van der Waals surface area contributed by atoms with Crippen LogP contribution in [0.3, 0.4) is 0 Å². The normalized spacial score (nSPS) is 17.9. The van der Waals surface area contributed by atoms with Crippen LogP contribution in [-0.2, 0) is 4.74 Å². The van der Waals surface area contributed by atoms with E-state index >= 15 is 0 Å². The molecule has 146 valence electrons. The summed E-state index contributed by atoms with van der Waals surface area (Å²) in [5.41, 5.74) is -0.0735. The number of carbonyl (C=O) groups excluding carboxylic acids is 1. The van der Waals surface area contributed by atoms with Gasteiger partial charge in [-0.25, -0.2) is 4.79 Å². The van der Waals surface area contributed by atoms with Crippen molar-refractivity contribution in [1.82, 2.24) is 4.90 Å². The van der Waals surface area contributed by atoms with E-state index in [1.54, 1.807) is 4.90 Å². The Balaban J connectivity index is 2.25. The first kappa shape index (κ1) is 21.0. The van der Waals surface area contributed by atoms with Gasteiger partial charge in [0.05, 0.1) is 10.6 Å². The lowest BCUT2D eigenvalue weighted by atomic mass is 10.1. The number of carbonyl (C=O) groups is 1. The molecule has 0 aliphatic carbocycles. The fraction of sp³-hybridized carbons (Fsp3) is 0.556. The van der Waals surface area contributed by atoms with Crippen molar-refractivity contribution in [2.24, 2.45) is 5.92 Å². The number of anilines is 1. The van der Waals surface area contributed by atoms with E-state index in [0.29, 0.717) is 36.3 Å². The Bertz CT molecular complexity index is 785. The minimum atomic E-state index is -0.567. The van der Waals surface area contributed by atoms with Crippen LogP contribution >= 0.6 is 15.9 Å². The lowest BCUT2D eigenvalue weighted by Crippen LogP contribution is -2.39. The predicted octanol–water partition coefficient (Wildman–Crippen LogP) is 3.92. The molecule has 0 N–H and O–H groups in total. The van der Waals surface area contributed by atoms with Gasteiger partial charge < -0.3 is 14.5 Å². The Morgan fingerprint density at radius 2 is 2.04 bits per heavy atom. The van der Waals surface area contributed by atoms with E-state index in [2.05, 4.69) is 15.9 Å². The van der Waals surface area contributed by atoms with E-state index in [1.807, 2.05) is 38.7 Å². The van der Waals surface area contributed by atoms with Crippen LogP contribution in [0, 0.1) is 27.4 Å². The maximum Gasteiger partial charge on any atom is 0.410 e. The van der Waals surface area contributed by atoms with E-state index < -0.39 is 10.5 Å². The second kappa shape index (κ2) is 8.13. The van der Waals surface area contributed by atoms with Crippen LogP contribution in [0.15, 0.2) is 16.6 Å². The second-order valence-corrected chi connectivity index (χ2v) is 8.52. The van der Waals surface area contributed by atoms with Crippen molar-refractivity contribution < 1.29 is 14.5 Å². The molecule has 1 aromatic carbocycles. The molecule has 1 aliphatic rings. The van der Waals surface area contributed by atoms with Crippen molar-refractivity contribution >= 4 is 33.4 Å².